The van der Waals surface area contributed by atoms with Gasteiger partial charge >= 0.3 is 0 Å². The zero-order chi connectivity index (χ0) is 26.9. The van der Waals surface area contributed by atoms with Crippen molar-refractivity contribution in [3.05, 3.63) is 123 Å². The van der Waals surface area contributed by atoms with Gasteiger partial charge in [-0.2, -0.15) is 0 Å². The SMILES string of the molecule is CC(C)c1cc(C(C)C)c([Si]2(c3ccccc3)C(C3=CCCCC3)=C/C2=C/c2ccccc2)c(C(C)C)c1. The van der Waals surface area contributed by atoms with Crippen LogP contribution in [0.4, 0.5) is 0 Å². The monoisotopic (exact) mass is 516 g/mol. The van der Waals surface area contributed by atoms with E-state index < -0.39 is 8.07 Å². The molecule has 0 amide bonds. The van der Waals surface area contributed by atoms with E-state index in [2.05, 4.69) is 133 Å². The maximum atomic E-state index is 2.58. The van der Waals surface area contributed by atoms with Gasteiger partial charge in [0.1, 0.15) is 0 Å². The number of allylic oxidation sites excluding steroid dienone is 5. The van der Waals surface area contributed by atoms with Crippen LogP contribution in [-0.2, 0) is 0 Å². The molecule has 0 aromatic heterocycles. The van der Waals surface area contributed by atoms with Crippen LogP contribution in [0.1, 0.15) is 107 Å². The Morgan fingerprint density at radius 1 is 0.711 bits per heavy atom. The van der Waals surface area contributed by atoms with Crippen LogP contribution in [0.2, 0.25) is 0 Å². The first-order valence-electron chi connectivity index (χ1n) is 14.8. The standard InChI is InChI=1S/C37H44Si/c1-26(2)31-23-34(27(3)4)37(35(24-31)28(5)6)38(32-20-14-9-15-21-32)33(22-29-16-10-7-11-17-29)25-36(38)30-18-12-8-13-19-30/h7,9-11,14-18,20-28H,8,12-13,19H2,1-6H3/b33-22-. The van der Waals surface area contributed by atoms with Crippen LogP contribution >= 0.6 is 0 Å². The maximum absolute atomic E-state index is 2.58. The lowest BCUT2D eigenvalue weighted by Gasteiger charge is -2.48. The Bertz CT molecular complexity index is 1340. The summed E-state index contributed by atoms with van der Waals surface area (Å²) < 4.78 is 0. The fraction of sp³-hybridized carbons (Fsp3) is 0.351. The third-order valence-electron chi connectivity index (χ3n) is 8.61. The fourth-order valence-electron chi connectivity index (χ4n) is 6.57. The quantitative estimate of drug-likeness (QED) is 0.275. The van der Waals surface area contributed by atoms with E-state index in [-0.39, 0.29) is 0 Å². The average Bonchev–Trinajstić information content (AvgIpc) is 2.92. The molecule has 38 heavy (non-hydrogen) atoms. The highest BCUT2D eigenvalue weighted by Gasteiger charge is 2.53. The lowest BCUT2D eigenvalue weighted by Crippen LogP contribution is -2.68. The van der Waals surface area contributed by atoms with Crippen LogP contribution in [0, 0.1) is 0 Å². The molecule has 0 radical (unpaired) electrons. The first kappa shape index (κ1) is 26.7. The van der Waals surface area contributed by atoms with E-state index in [1.165, 1.54) is 42.0 Å². The van der Waals surface area contributed by atoms with Crippen molar-refractivity contribution in [1.82, 2.24) is 0 Å². The summed E-state index contributed by atoms with van der Waals surface area (Å²) in [6.07, 6.45) is 12.7. The van der Waals surface area contributed by atoms with E-state index in [9.17, 15) is 0 Å². The molecular weight excluding hydrogens is 472 g/mol. The first-order chi connectivity index (χ1) is 18.3. The van der Waals surface area contributed by atoms with E-state index in [4.69, 9.17) is 0 Å². The summed E-state index contributed by atoms with van der Waals surface area (Å²) in [4.78, 5) is 0. The predicted octanol–water partition coefficient (Wildman–Crippen LogP) is 9.22. The summed E-state index contributed by atoms with van der Waals surface area (Å²) in [5, 5.41) is 6.42. The van der Waals surface area contributed by atoms with Crippen molar-refractivity contribution in [2.45, 2.75) is 85.0 Å². The smallest absolute Gasteiger partial charge is 0.0814 e. The molecular formula is C37H44Si. The second-order valence-corrected chi connectivity index (χ2v) is 15.9. The largest absolute Gasteiger partial charge is 0.180 e. The molecule has 0 saturated heterocycles. The van der Waals surface area contributed by atoms with Crippen molar-refractivity contribution < 1.29 is 0 Å². The van der Waals surface area contributed by atoms with E-state index in [1.54, 1.807) is 32.3 Å². The Kier molecular flexibility index (Phi) is 7.77. The molecule has 0 spiro atoms. The van der Waals surface area contributed by atoms with Crippen LogP contribution < -0.4 is 10.4 Å². The number of rotatable bonds is 7. The molecule has 1 aliphatic carbocycles. The molecule has 5 rings (SSSR count). The van der Waals surface area contributed by atoms with Crippen molar-refractivity contribution in [2.75, 3.05) is 0 Å². The van der Waals surface area contributed by atoms with Gasteiger partial charge in [0.05, 0.1) is 0 Å². The van der Waals surface area contributed by atoms with E-state index >= 15 is 0 Å². The summed E-state index contributed by atoms with van der Waals surface area (Å²) >= 11 is 0. The van der Waals surface area contributed by atoms with Crippen molar-refractivity contribution in [3.8, 4) is 0 Å². The van der Waals surface area contributed by atoms with Crippen molar-refractivity contribution >= 4 is 24.5 Å². The lowest BCUT2D eigenvalue weighted by atomic mass is 9.89. The van der Waals surface area contributed by atoms with Gasteiger partial charge in [-0.15, -0.1) is 0 Å². The number of hydrogen-bond donors (Lipinski definition) is 0. The molecule has 3 aromatic rings. The summed E-state index contributed by atoms with van der Waals surface area (Å²) in [5.41, 5.74) is 7.54. The highest BCUT2D eigenvalue weighted by atomic mass is 28.3. The van der Waals surface area contributed by atoms with Gasteiger partial charge in [0.2, 0.25) is 0 Å². The Morgan fingerprint density at radius 2 is 1.32 bits per heavy atom. The van der Waals surface area contributed by atoms with Crippen LogP contribution in [0.3, 0.4) is 0 Å². The molecule has 0 bridgehead atoms. The van der Waals surface area contributed by atoms with Crippen LogP contribution in [0.25, 0.3) is 6.08 Å². The normalized spacial score (nSPS) is 20.6. The summed E-state index contributed by atoms with van der Waals surface area (Å²) in [7, 11) is -2.44. The van der Waals surface area contributed by atoms with Gasteiger partial charge in [-0.25, -0.2) is 0 Å². The molecule has 1 aliphatic heterocycles. The summed E-state index contributed by atoms with van der Waals surface area (Å²) in [5.74, 6) is 1.45. The number of benzene rings is 3. The Balaban J connectivity index is 1.92. The molecule has 0 fully saturated rings. The van der Waals surface area contributed by atoms with E-state index in [1.807, 2.05) is 0 Å². The topological polar surface area (TPSA) is 0 Å². The molecule has 0 saturated carbocycles. The minimum Gasteiger partial charge on any atom is -0.0814 e. The lowest BCUT2D eigenvalue weighted by molar-refractivity contribution is 0.709. The molecule has 0 N–H and O–H groups in total. The Labute approximate surface area is 232 Å². The third kappa shape index (κ3) is 4.71. The van der Waals surface area contributed by atoms with Gasteiger partial charge in [-0.3, -0.25) is 0 Å². The molecule has 3 aromatic carbocycles. The summed E-state index contributed by atoms with van der Waals surface area (Å²) in [6.45, 7) is 14.3. The van der Waals surface area contributed by atoms with Crippen molar-refractivity contribution in [1.29, 1.82) is 0 Å². The maximum Gasteiger partial charge on any atom is 0.180 e. The first-order valence-corrected chi connectivity index (χ1v) is 16.8. The van der Waals surface area contributed by atoms with Crippen molar-refractivity contribution in [2.24, 2.45) is 0 Å². The highest BCUT2D eigenvalue weighted by Crippen LogP contribution is 2.45. The van der Waals surface area contributed by atoms with Crippen LogP contribution in [0.5, 0.6) is 0 Å². The zero-order valence-corrected chi connectivity index (χ0v) is 25.2. The van der Waals surface area contributed by atoms with E-state index in [0.717, 1.165) is 0 Å². The van der Waals surface area contributed by atoms with Crippen molar-refractivity contribution in [3.63, 3.8) is 0 Å². The molecule has 1 heterocycles. The highest BCUT2D eigenvalue weighted by molar-refractivity contribution is 7.16. The molecule has 1 atom stereocenters. The van der Waals surface area contributed by atoms with Gasteiger partial charge in [-0.05, 0) is 86.5 Å². The molecule has 1 heteroatoms. The van der Waals surface area contributed by atoms with Gasteiger partial charge < -0.3 is 0 Å². The molecule has 0 nitrogen and oxygen atoms in total. The van der Waals surface area contributed by atoms with Gasteiger partial charge in [0, 0.05) is 0 Å². The second-order valence-electron chi connectivity index (χ2n) is 12.2. The molecule has 196 valence electrons. The Morgan fingerprint density at radius 3 is 1.84 bits per heavy atom. The second kappa shape index (κ2) is 11.1. The molecule has 1 unspecified atom stereocenters. The zero-order valence-electron chi connectivity index (χ0n) is 24.2. The fourth-order valence-corrected chi connectivity index (χ4v) is 12.2. The van der Waals surface area contributed by atoms with Gasteiger partial charge in [0.25, 0.3) is 0 Å². The minimum atomic E-state index is -2.44. The minimum absolute atomic E-state index is 0.467. The third-order valence-corrected chi connectivity index (χ3v) is 13.6. The van der Waals surface area contributed by atoms with Gasteiger partial charge in [0.15, 0.2) is 8.07 Å². The van der Waals surface area contributed by atoms with Crippen LogP contribution in [-0.4, -0.2) is 8.07 Å². The molecule has 2 aliphatic rings. The summed E-state index contributed by atoms with van der Waals surface area (Å²) in [6, 6.07) is 27.7. The van der Waals surface area contributed by atoms with Gasteiger partial charge in [-0.1, -0.05) is 138 Å². The average molecular weight is 517 g/mol. The van der Waals surface area contributed by atoms with E-state index in [0.29, 0.717) is 17.8 Å². The Hall–Kier alpha value is -2.90. The van der Waals surface area contributed by atoms with Crippen LogP contribution in [0.15, 0.2) is 101 Å². The predicted molar refractivity (Wildman–Crippen MR) is 169 cm³/mol. The number of hydrogen-bond acceptors (Lipinski definition) is 0.